The standard InChI is InChI=1S/C15H24N2O2S/c1-3-10-20(18,19)16-11-14-8-9-17(12-14)15-6-4-13(2)5-7-15/h4-7,14,16H,3,8-12H2,1-2H3. The fraction of sp³-hybridized carbons (Fsp3) is 0.600. The second kappa shape index (κ2) is 6.59. The van der Waals surface area contributed by atoms with E-state index in [1.54, 1.807) is 0 Å². The van der Waals surface area contributed by atoms with E-state index in [1.807, 2.05) is 6.92 Å². The van der Waals surface area contributed by atoms with Crippen LogP contribution in [-0.4, -0.2) is 33.8 Å². The van der Waals surface area contributed by atoms with Gasteiger partial charge in [0.1, 0.15) is 0 Å². The van der Waals surface area contributed by atoms with Gasteiger partial charge in [0.2, 0.25) is 10.0 Å². The first-order valence-electron chi connectivity index (χ1n) is 7.29. The molecule has 1 aromatic carbocycles. The van der Waals surface area contributed by atoms with Gasteiger partial charge in [0, 0.05) is 25.3 Å². The maximum atomic E-state index is 11.7. The summed E-state index contributed by atoms with van der Waals surface area (Å²) >= 11 is 0. The zero-order valence-electron chi connectivity index (χ0n) is 12.3. The first kappa shape index (κ1) is 15.3. The zero-order valence-corrected chi connectivity index (χ0v) is 13.1. The average Bonchev–Trinajstić information content (AvgIpc) is 2.86. The van der Waals surface area contributed by atoms with Crippen LogP contribution < -0.4 is 9.62 Å². The number of benzene rings is 1. The lowest BCUT2D eigenvalue weighted by molar-refractivity contribution is 0.541. The molecule has 1 aliphatic heterocycles. The van der Waals surface area contributed by atoms with Gasteiger partial charge in [0.15, 0.2) is 0 Å². The van der Waals surface area contributed by atoms with E-state index in [0.29, 0.717) is 18.9 Å². The minimum absolute atomic E-state index is 0.224. The summed E-state index contributed by atoms with van der Waals surface area (Å²) in [6, 6.07) is 8.51. The molecular weight excluding hydrogens is 272 g/mol. The zero-order chi connectivity index (χ0) is 14.6. The molecule has 5 heteroatoms. The van der Waals surface area contributed by atoms with E-state index in [9.17, 15) is 8.42 Å². The van der Waals surface area contributed by atoms with Gasteiger partial charge in [-0.15, -0.1) is 0 Å². The van der Waals surface area contributed by atoms with Crippen molar-refractivity contribution in [2.24, 2.45) is 5.92 Å². The topological polar surface area (TPSA) is 49.4 Å². The molecule has 1 saturated heterocycles. The van der Waals surface area contributed by atoms with E-state index in [0.717, 1.165) is 19.5 Å². The summed E-state index contributed by atoms with van der Waals surface area (Å²) in [6.07, 6.45) is 1.71. The molecule has 0 bridgehead atoms. The molecule has 4 nitrogen and oxygen atoms in total. The highest BCUT2D eigenvalue weighted by Crippen LogP contribution is 2.23. The molecule has 20 heavy (non-hydrogen) atoms. The summed E-state index contributed by atoms with van der Waals surface area (Å²) < 4.78 is 26.0. The van der Waals surface area contributed by atoms with E-state index in [4.69, 9.17) is 0 Å². The van der Waals surface area contributed by atoms with Crippen molar-refractivity contribution in [3.8, 4) is 0 Å². The molecule has 2 rings (SSSR count). The Labute approximate surface area is 122 Å². The minimum Gasteiger partial charge on any atom is -0.371 e. The number of nitrogens with one attached hydrogen (secondary N) is 1. The molecule has 1 unspecified atom stereocenters. The van der Waals surface area contributed by atoms with Crippen LogP contribution in [0.2, 0.25) is 0 Å². The molecule has 0 aliphatic carbocycles. The van der Waals surface area contributed by atoms with E-state index < -0.39 is 10.0 Å². The lowest BCUT2D eigenvalue weighted by Gasteiger charge is -2.19. The molecule has 0 radical (unpaired) electrons. The predicted molar refractivity (Wildman–Crippen MR) is 83.6 cm³/mol. The third kappa shape index (κ3) is 4.21. The second-order valence-corrected chi connectivity index (χ2v) is 7.53. The number of sulfonamides is 1. The first-order valence-corrected chi connectivity index (χ1v) is 8.94. The lowest BCUT2D eigenvalue weighted by atomic mass is 10.1. The highest BCUT2D eigenvalue weighted by Gasteiger charge is 2.23. The molecule has 1 atom stereocenters. The van der Waals surface area contributed by atoms with Gasteiger partial charge in [-0.1, -0.05) is 24.6 Å². The molecule has 1 fully saturated rings. The maximum absolute atomic E-state index is 11.7. The number of aryl methyl sites for hydroxylation is 1. The van der Waals surface area contributed by atoms with Crippen molar-refractivity contribution in [3.63, 3.8) is 0 Å². The number of anilines is 1. The van der Waals surface area contributed by atoms with Crippen LogP contribution in [0.4, 0.5) is 5.69 Å². The molecule has 112 valence electrons. The molecular formula is C15H24N2O2S. The normalized spacial score (nSPS) is 19.5. The van der Waals surface area contributed by atoms with E-state index in [1.165, 1.54) is 11.3 Å². The molecule has 0 aromatic heterocycles. The summed E-state index contributed by atoms with van der Waals surface area (Å²) in [4.78, 5) is 2.33. The molecule has 1 aromatic rings. The Morgan fingerprint density at radius 1 is 1.30 bits per heavy atom. The van der Waals surface area contributed by atoms with Crippen LogP contribution in [-0.2, 0) is 10.0 Å². The van der Waals surface area contributed by atoms with Crippen LogP contribution in [0, 0.1) is 12.8 Å². The van der Waals surface area contributed by atoms with Crippen molar-refractivity contribution >= 4 is 15.7 Å². The van der Waals surface area contributed by atoms with Crippen LogP contribution in [0.15, 0.2) is 24.3 Å². The van der Waals surface area contributed by atoms with Crippen molar-refractivity contribution < 1.29 is 8.42 Å². The third-order valence-corrected chi connectivity index (χ3v) is 5.30. The van der Waals surface area contributed by atoms with Gasteiger partial charge in [-0.2, -0.15) is 0 Å². The Kier molecular flexibility index (Phi) is 5.05. The quantitative estimate of drug-likeness (QED) is 0.875. The Morgan fingerprint density at radius 2 is 2.00 bits per heavy atom. The summed E-state index contributed by atoms with van der Waals surface area (Å²) in [7, 11) is -3.08. The van der Waals surface area contributed by atoms with Crippen molar-refractivity contribution in [2.45, 2.75) is 26.7 Å². The van der Waals surface area contributed by atoms with Crippen LogP contribution >= 0.6 is 0 Å². The van der Waals surface area contributed by atoms with Gasteiger partial charge in [-0.25, -0.2) is 13.1 Å². The number of nitrogens with zero attached hydrogens (tertiary/aromatic N) is 1. The monoisotopic (exact) mass is 296 g/mol. The van der Waals surface area contributed by atoms with Crippen LogP contribution in [0.1, 0.15) is 25.3 Å². The van der Waals surface area contributed by atoms with Gasteiger partial charge in [0.05, 0.1) is 5.75 Å². The SMILES string of the molecule is CCCS(=O)(=O)NCC1CCN(c2ccc(C)cc2)C1. The summed E-state index contributed by atoms with van der Waals surface area (Å²) in [5.41, 5.74) is 2.49. The summed E-state index contributed by atoms with van der Waals surface area (Å²) in [6.45, 7) is 6.46. The fourth-order valence-electron chi connectivity index (χ4n) is 2.58. The van der Waals surface area contributed by atoms with Crippen molar-refractivity contribution in [2.75, 3.05) is 30.3 Å². The molecule has 1 N–H and O–H groups in total. The molecule has 0 amide bonds. The minimum atomic E-state index is -3.08. The van der Waals surface area contributed by atoms with Crippen LogP contribution in [0.25, 0.3) is 0 Å². The van der Waals surface area contributed by atoms with E-state index in [2.05, 4.69) is 40.8 Å². The Bertz CT molecular complexity index is 525. The van der Waals surface area contributed by atoms with Crippen molar-refractivity contribution in [1.29, 1.82) is 0 Å². The highest BCUT2D eigenvalue weighted by atomic mass is 32.2. The summed E-state index contributed by atoms with van der Waals surface area (Å²) in [5, 5.41) is 0. The number of hydrogen-bond acceptors (Lipinski definition) is 3. The first-order chi connectivity index (χ1) is 9.50. The highest BCUT2D eigenvalue weighted by molar-refractivity contribution is 7.89. The van der Waals surface area contributed by atoms with Crippen LogP contribution in [0.3, 0.4) is 0 Å². The average molecular weight is 296 g/mol. The third-order valence-electron chi connectivity index (χ3n) is 3.75. The summed E-state index contributed by atoms with van der Waals surface area (Å²) in [5.74, 6) is 0.629. The maximum Gasteiger partial charge on any atom is 0.211 e. The van der Waals surface area contributed by atoms with Gasteiger partial charge in [0.25, 0.3) is 0 Å². The molecule has 1 aliphatic rings. The Balaban J connectivity index is 1.85. The Morgan fingerprint density at radius 3 is 2.65 bits per heavy atom. The number of hydrogen-bond donors (Lipinski definition) is 1. The van der Waals surface area contributed by atoms with Crippen LogP contribution in [0.5, 0.6) is 0 Å². The predicted octanol–water partition coefficient (Wildman–Crippen LogP) is 2.15. The molecule has 1 heterocycles. The fourth-order valence-corrected chi connectivity index (χ4v) is 3.75. The molecule has 0 saturated carbocycles. The molecule has 0 spiro atoms. The second-order valence-electron chi connectivity index (χ2n) is 5.60. The van der Waals surface area contributed by atoms with E-state index in [-0.39, 0.29) is 5.75 Å². The van der Waals surface area contributed by atoms with Gasteiger partial charge in [-0.3, -0.25) is 0 Å². The number of rotatable bonds is 6. The van der Waals surface area contributed by atoms with Gasteiger partial charge < -0.3 is 4.90 Å². The van der Waals surface area contributed by atoms with Crippen molar-refractivity contribution in [3.05, 3.63) is 29.8 Å². The van der Waals surface area contributed by atoms with E-state index >= 15 is 0 Å². The van der Waals surface area contributed by atoms with Gasteiger partial charge in [-0.05, 0) is 37.8 Å². The van der Waals surface area contributed by atoms with Crippen molar-refractivity contribution in [1.82, 2.24) is 4.72 Å². The lowest BCUT2D eigenvalue weighted by Crippen LogP contribution is -2.32. The largest absolute Gasteiger partial charge is 0.371 e. The smallest absolute Gasteiger partial charge is 0.211 e. The van der Waals surface area contributed by atoms with Gasteiger partial charge >= 0.3 is 0 Å². The Hall–Kier alpha value is -1.07.